The molecule has 1 aromatic heterocycles. The van der Waals surface area contributed by atoms with E-state index in [1.54, 1.807) is 41.8 Å². The Bertz CT molecular complexity index is 701. The van der Waals surface area contributed by atoms with Crippen molar-refractivity contribution in [2.75, 3.05) is 17.1 Å². The van der Waals surface area contributed by atoms with Gasteiger partial charge in [-0.2, -0.15) is 5.10 Å². The fourth-order valence-corrected chi connectivity index (χ4v) is 3.13. The topological polar surface area (TPSA) is 83.1 Å². The second-order valence-corrected chi connectivity index (χ2v) is 7.10. The molecule has 1 N–H and O–H groups in total. The minimum atomic E-state index is -1.41. The van der Waals surface area contributed by atoms with Crippen molar-refractivity contribution in [1.29, 1.82) is 0 Å². The van der Waals surface area contributed by atoms with Crippen molar-refractivity contribution >= 4 is 39.3 Å². The molecule has 0 spiro atoms. The number of carbonyl (C=O) groups is 2. The third-order valence-corrected chi connectivity index (χ3v) is 5.01. The van der Waals surface area contributed by atoms with Gasteiger partial charge in [-0.25, -0.2) is 4.21 Å². The molecule has 1 heterocycles. The van der Waals surface area contributed by atoms with E-state index in [2.05, 4.69) is 10.2 Å². The van der Waals surface area contributed by atoms with Gasteiger partial charge in [0, 0.05) is 31.4 Å². The number of hydrogen-bond donors (Lipinski definition) is 1. The van der Waals surface area contributed by atoms with Gasteiger partial charge in [0.25, 0.3) is 0 Å². The maximum absolute atomic E-state index is 12.3. The number of H-pyrrole nitrogens is 1. The van der Waals surface area contributed by atoms with Gasteiger partial charge >= 0.3 is 0 Å². The summed E-state index contributed by atoms with van der Waals surface area (Å²) in [7, 11) is 0.266. The number of aromatic amines is 1. The number of rotatable bonds is 6. The van der Waals surface area contributed by atoms with Crippen LogP contribution >= 0.6 is 11.8 Å². The number of benzene rings is 1. The van der Waals surface area contributed by atoms with Gasteiger partial charge in [0.05, 0.1) is 16.8 Å². The molecule has 0 bridgehead atoms. The zero-order valence-corrected chi connectivity index (χ0v) is 13.7. The summed E-state index contributed by atoms with van der Waals surface area (Å²) in [5, 5.41) is 6.29. The number of thioether (sulfide) groups is 1. The van der Waals surface area contributed by atoms with Crippen molar-refractivity contribution < 1.29 is 13.8 Å². The Morgan fingerprint density at radius 2 is 2.18 bits per heavy atom. The summed E-state index contributed by atoms with van der Waals surface area (Å²) < 4.78 is 13.9. The number of ketones is 1. The third kappa shape index (κ3) is 4.05. The molecule has 0 aliphatic carbocycles. The number of nitrogens with one attached hydrogen (secondary N) is 1. The smallest absolute Gasteiger partial charge is 0.186 e. The van der Waals surface area contributed by atoms with Crippen molar-refractivity contribution in [2.45, 2.75) is 11.8 Å². The van der Waals surface area contributed by atoms with Gasteiger partial charge in [-0.15, -0.1) is 0 Å². The van der Waals surface area contributed by atoms with Crippen molar-refractivity contribution in [2.24, 2.45) is 0 Å². The Balaban J connectivity index is 2.15. The largest absolute Gasteiger partial charge is 0.293 e. The first-order valence-electron chi connectivity index (χ1n) is 6.40. The third-order valence-electron chi connectivity index (χ3n) is 2.86. The molecule has 0 radical (unpaired) electrons. The van der Waals surface area contributed by atoms with Crippen LogP contribution in [0.15, 0.2) is 41.6 Å². The highest BCUT2D eigenvalue weighted by molar-refractivity contribution is 8.14. The molecule has 116 valence electrons. The van der Waals surface area contributed by atoms with Gasteiger partial charge in [-0.1, -0.05) is 23.9 Å². The number of carbonyl (C=O) groups excluding carboxylic acids is 2. The molecule has 1 atom stereocenters. The average Bonchev–Trinajstić information content (AvgIpc) is 3.05. The summed E-state index contributed by atoms with van der Waals surface area (Å²) in [6.07, 6.45) is 3.05. The van der Waals surface area contributed by atoms with Crippen LogP contribution in [0.25, 0.3) is 0 Å². The Morgan fingerprint density at radius 3 is 2.82 bits per heavy atom. The lowest BCUT2D eigenvalue weighted by molar-refractivity contribution is -0.109. The van der Waals surface area contributed by atoms with E-state index in [9.17, 15) is 13.8 Å². The molecule has 0 aliphatic heterocycles. The van der Waals surface area contributed by atoms with E-state index in [0.29, 0.717) is 16.1 Å². The Labute approximate surface area is 134 Å². The Morgan fingerprint density at radius 1 is 1.41 bits per heavy atom. The summed E-state index contributed by atoms with van der Waals surface area (Å²) in [6.45, 7) is 1.43. The molecule has 0 saturated carbocycles. The molecule has 0 amide bonds. The van der Waals surface area contributed by atoms with E-state index in [1.165, 1.54) is 13.1 Å². The fraction of sp³-hybridized carbons (Fsp3) is 0.214. The van der Waals surface area contributed by atoms with Crippen LogP contribution in [0.1, 0.15) is 17.3 Å². The van der Waals surface area contributed by atoms with Gasteiger partial charge in [0.15, 0.2) is 21.9 Å². The van der Waals surface area contributed by atoms with Gasteiger partial charge in [0.2, 0.25) is 0 Å². The lowest BCUT2D eigenvalue weighted by Gasteiger charge is -2.17. The van der Waals surface area contributed by atoms with Crippen molar-refractivity contribution in [3.05, 3.63) is 42.2 Å². The summed E-state index contributed by atoms with van der Waals surface area (Å²) >= 11 is 0.978. The predicted octanol–water partition coefficient (Wildman–Crippen LogP) is 2.03. The molecule has 0 saturated heterocycles. The lowest BCUT2D eigenvalue weighted by atomic mass is 10.1. The van der Waals surface area contributed by atoms with Crippen LogP contribution in [0.3, 0.4) is 0 Å². The number of anilines is 1. The van der Waals surface area contributed by atoms with Crippen LogP contribution in [0.4, 0.5) is 5.69 Å². The molecule has 22 heavy (non-hydrogen) atoms. The first kappa shape index (κ1) is 16.4. The monoisotopic (exact) mass is 337 g/mol. The number of nitrogens with zero attached hydrogens (tertiary/aromatic N) is 2. The summed E-state index contributed by atoms with van der Waals surface area (Å²) in [5.74, 6) is -0.0302. The highest BCUT2D eigenvalue weighted by atomic mass is 32.2. The zero-order chi connectivity index (χ0) is 16.1. The van der Waals surface area contributed by atoms with Crippen LogP contribution in [0, 0.1) is 0 Å². The second-order valence-electron chi connectivity index (χ2n) is 4.43. The molecule has 8 heteroatoms. The normalized spacial score (nSPS) is 11.9. The van der Waals surface area contributed by atoms with E-state index in [-0.39, 0.29) is 16.7 Å². The van der Waals surface area contributed by atoms with Crippen LogP contribution in [0.2, 0.25) is 0 Å². The first-order chi connectivity index (χ1) is 10.5. The minimum absolute atomic E-state index is 0.0947. The number of Topliss-reactive ketones (excluding diaryl/α,β-unsaturated/α-hetero) is 1. The number of aromatic nitrogens is 2. The molecule has 6 nitrogen and oxygen atoms in total. The lowest BCUT2D eigenvalue weighted by Crippen LogP contribution is -2.20. The van der Waals surface area contributed by atoms with Crippen molar-refractivity contribution in [1.82, 2.24) is 10.2 Å². The Kier molecular flexibility index (Phi) is 5.51. The van der Waals surface area contributed by atoms with Gasteiger partial charge in [-0.05, 0) is 12.1 Å². The highest BCUT2D eigenvalue weighted by Gasteiger charge is 2.15. The molecular weight excluding hydrogens is 322 g/mol. The Hall–Kier alpha value is -1.93. The van der Waals surface area contributed by atoms with Crippen LogP contribution < -0.4 is 4.31 Å². The summed E-state index contributed by atoms with van der Waals surface area (Å²) in [5.41, 5.74) is 1.14. The SMILES string of the molecule is CC(=O)SCC(=O)c1cccc(N(C)S(=O)c2cn[nH]c2)c1. The average molecular weight is 337 g/mol. The maximum atomic E-state index is 12.3. The molecule has 0 fully saturated rings. The predicted molar refractivity (Wildman–Crippen MR) is 87.3 cm³/mol. The standard InChI is InChI=1S/C14H15N3O3S2/c1-10(18)21-9-14(19)11-4-3-5-12(6-11)17(2)22(20)13-7-15-16-8-13/h3-8H,9H2,1-2H3,(H,15,16). The van der Waals surface area contributed by atoms with Gasteiger partial charge in [-0.3, -0.25) is 19.0 Å². The van der Waals surface area contributed by atoms with Crippen LogP contribution in [-0.4, -0.2) is 38.1 Å². The number of hydrogen-bond acceptors (Lipinski definition) is 5. The molecule has 1 aromatic carbocycles. The molecule has 2 aromatic rings. The molecular formula is C14H15N3O3S2. The van der Waals surface area contributed by atoms with Crippen molar-refractivity contribution in [3.63, 3.8) is 0 Å². The van der Waals surface area contributed by atoms with E-state index in [4.69, 9.17) is 0 Å². The minimum Gasteiger partial charge on any atom is -0.293 e. The molecule has 1 unspecified atom stereocenters. The maximum Gasteiger partial charge on any atom is 0.186 e. The first-order valence-corrected chi connectivity index (χ1v) is 8.49. The van der Waals surface area contributed by atoms with E-state index < -0.39 is 11.0 Å². The fourth-order valence-electron chi connectivity index (χ4n) is 1.71. The van der Waals surface area contributed by atoms with Crippen molar-refractivity contribution in [3.8, 4) is 0 Å². The van der Waals surface area contributed by atoms with Crippen LogP contribution in [-0.2, 0) is 15.8 Å². The van der Waals surface area contributed by atoms with Gasteiger partial charge in [0.1, 0.15) is 0 Å². The zero-order valence-electron chi connectivity index (χ0n) is 12.1. The highest BCUT2D eigenvalue weighted by Crippen LogP contribution is 2.20. The summed E-state index contributed by atoms with van der Waals surface area (Å²) in [6, 6.07) is 6.85. The van der Waals surface area contributed by atoms with E-state index in [0.717, 1.165) is 11.8 Å². The quantitative estimate of drug-likeness (QED) is 0.816. The molecule has 2 rings (SSSR count). The van der Waals surface area contributed by atoms with Crippen LogP contribution in [0.5, 0.6) is 0 Å². The summed E-state index contributed by atoms with van der Waals surface area (Å²) in [4.78, 5) is 23.5. The second kappa shape index (κ2) is 7.37. The van der Waals surface area contributed by atoms with E-state index in [1.807, 2.05) is 0 Å². The molecule has 0 aliphatic rings. The van der Waals surface area contributed by atoms with E-state index >= 15 is 0 Å². The van der Waals surface area contributed by atoms with Gasteiger partial charge < -0.3 is 0 Å².